The van der Waals surface area contributed by atoms with E-state index in [0.29, 0.717) is 23.9 Å². The number of rotatable bonds is 9. The maximum Gasteiger partial charge on any atom is 0.251 e. The number of hydrogen-bond donors (Lipinski definition) is 2. The Bertz CT molecular complexity index is 1230. The summed E-state index contributed by atoms with van der Waals surface area (Å²) in [5.74, 6) is 0.394. The van der Waals surface area contributed by atoms with Crippen LogP contribution in [0.25, 0.3) is 17.0 Å². The van der Waals surface area contributed by atoms with Gasteiger partial charge in [-0.1, -0.05) is 42.5 Å². The van der Waals surface area contributed by atoms with Gasteiger partial charge < -0.3 is 24.8 Å². The summed E-state index contributed by atoms with van der Waals surface area (Å²) in [6.45, 7) is 4.19. The number of amides is 1. The summed E-state index contributed by atoms with van der Waals surface area (Å²) in [5, 5.41) is 7.01. The predicted molar refractivity (Wildman–Crippen MR) is 141 cm³/mol. The third-order valence-electron chi connectivity index (χ3n) is 6.65. The minimum Gasteiger partial charge on any atom is -0.497 e. The summed E-state index contributed by atoms with van der Waals surface area (Å²) >= 11 is 0. The summed E-state index contributed by atoms with van der Waals surface area (Å²) < 4.78 is 7.13. The fourth-order valence-electron chi connectivity index (χ4n) is 4.64. The number of likely N-dealkylation sites (tertiary alicyclic amines) is 1. The second kappa shape index (κ2) is 11.8. The first kappa shape index (κ1) is 24.7. The van der Waals surface area contributed by atoms with E-state index in [-0.39, 0.29) is 11.5 Å². The van der Waals surface area contributed by atoms with Gasteiger partial charge in [0.05, 0.1) is 18.2 Å². The van der Waals surface area contributed by atoms with E-state index >= 15 is 0 Å². The molecule has 1 amide bonds. The van der Waals surface area contributed by atoms with Crippen LogP contribution >= 0.6 is 0 Å². The first-order valence-corrected chi connectivity index (χ1v) is 12.2. The van der Waals surface area contributed by atoms with E-state index < -0.39 is 0 Å². The Morgan fingerprint density at radius 1 is 1.09 bits per heavy atom. The van der Waals surface area contributed by atoms with Crippen molar-refractivity contribution in [1.29, 1.82) is 0 Å². The topological polar surface area (TPSA) is 75.6 Å². The number of carbonyl (C=O) groups is 1. The minimum atomic E-state index is -0.266. The molecular formula is C28H34N4O3. The molecule has 0 saturated carbocycles. The Morgan fingerprint density at radius 3 is 2.57 bits per heavy atom. The molecule has 0 unspecified atom stereocenters. The number of fused-ring (bicyclic) bond motifs is 1. The molecule has 0 radical (unpaired) electrons. The lowest BCUT2D eigenvalue weighted by Crippen LogP contribution is -2.44. The minimum absolute atomic E-state index is 0.175. The number of benzene rings is 2. The zero-order chi connectivity index (χ0) is 24.6. The van der Waals surface area contributed by atoms with Gasteiger partial charge in [0.2, 0.25) is 0 Å². The van der Waals surface area contributed by atoms with E-state index in [1.165, 1.54) is 11.6 Å². The number of aromatic nitrogens is 1. The zero-order valence-corrected chi connectivity index (χ0v) is 20.5. The number of ether oxygens (including phenoxy) is 1. The third-order valence-corrected chi connectivity index (χ3v) is 6.65. The molecule has 184 valence electrons. The summed E-state index contributed by atoms with van der Waals surface area (Å²) in [6.07, 6.45) is 6.49. The molecule has 1 aliphatic heterocycles. The lowest BCUT2D eigenvalue weighted by Gasteiger charge is -2.32. The van der Waals surface area contributed by atoms with Crippen molar-refractivity contribution >= 4 is 22.9 Å². The Kier molecular flexibility index (Phi) is 8.34. The van der Waals surface area contributed by atoms with E-state index in [0.717, 1.165) is 49.9 Å². The Balaban J connectivity index is 1.35. The molecule has 1 aromatic heterocycles. The van der Waals surface area contributed by atoms with E-state index in [9.17, 15) is 9.59 Å². The van der Waals surface area contributed by atoms with Gasteiger partial charge in [-0.05, 0) is 43.6 Å². The molecule has 3 aromatic rings. The number of piperidine rings is 1. The van der Waals surface area contributed by atoms with Crippen LogP contribution in [0.4, 0.5) is 0 Å². The van der Waals surface area contributed by atoms with Crippen molar-refractivity contribution in [2.45, 2.75) is 25.4 Å². The van der Waals surface area contributed by atoms with Crippen LogP contribution in [0.1, 0.15) is 28.8 Å². The van der Waals surface area contributed by atoms with Crippen molar-refractivity contribution < 1.29 is 9.53 Å². The molecule has 2 aromatic carbocycles. The third kappa shape index (κ3) is 6.18. The molecule has 1 saturated heterocycles. The fraction of sp³-hybridized carbons (Fsp3) is 0.357. The Labute approximate surface area is 206 Å². The second-order valence-corrected chi connectivity index (χ2v) is 8.85. The van der Waals surface area contributed by atoms with Gasteiger partial charge in [0.1, 0.15) is 5.75 Å². The summed E-state index contributed by atoms with van der Waals surface area (Å²) in [5.41, 5.74) is 2.15. The van der Waals surface area contributed by atoms with Gasteiger partial charge in [0.15, 0.2) is 0 Å². The van der Waals surface area contributed by atoms with Gasteiger partial charge in [-0.15, -0.1) is 0 Å². The first-order valence-electron chi connectivity index (χ1n) is 12.2. The van der Waals surface area contributed by atoms with Crippen molar-refractivity contribution in [1.82, 2.24) is 20.1 Å². The molecular weight excluding hydrogens is 440 g/mol. The molecule has 7 heteroatoms. The van der Waals surface area contributed by atoms with Crippen molar-refractivity contribution in [3.63, 3.8) is 0 Å². The monoisotopic (exact) mass is 474 g/mol. The van der Waals surface area contributed by atoms with Crippen molar-refractivity contribution in [2.24, 2.45) is 0 Å². The molecule has 7 nitrogen and oxygen atoms in total. The van der Waals surface area contributed by atoms with Crippen LogP contribution in [-0.4, -0.2) is 61.8 Å². The number of carbonyl (C=O) groups excluding carboxylic acids is 1. The van der Waals surface area contributed by atoms with Crippen LogP contribution in [0.15, 0.2) is 65.5 Å². The largest absolute Gasteiger partial charge is 0.497 e. The summed E-state index contributed by atoms with van der Waals surface area (Å²) in [4.78, 5) is 27.7. The van der Waals surface area contributed by atoms with E-state index in [4.69, 9.17) is 4.74 Å². The molecule has 2 N–H and O–H groups in total. The quantitative estimate of drug-likeness (QED) is 0.498. The molecule has 0 bridgehead atoms. The van der Waals surface area contributed by atoms with Gasteiger partial charge in [0.25, 0.3) is 11.5 Å². The molecule has 1 fully saturated rings. The molecule has 35 heavy (non-hydrogen) atoms. The van der Waals surface area contributed by atoms with Crippen LogP contribution < -0.4 is 20.9 Å². The maximum atomic E-state index is 13.0. The highest BCUT2D eigenvalue weighted by atomic mass is 16.5. The SMILES string of the molecule is CNC(=O)c1cc(=O)n(CCN2CCC(NC/C=C/c3ccccc3)CC2)c2cc(OC)ccc12. The second-order valence-electron chi connectivity index (χ2n) is 8.85. The average Bonchev–Trinajstić information content (AvgIpc) is 2.90. The van der Waals surface area contributed by atoms with Gasteiger partial charge in [-0.3, -0.25) is 9.59 Å². The highest BCUT2D eigenvalue weighted by Crippen LogP contribution is 2.23. The lowest BCUT2D eigenvalue weighted by atomic mass is 10.0. The lowest BCUT2D eigenvalue weighted by molar-refractivity contribution is 0.0964. The number of nitrogens with zero attached hydrogens (tertiary/aromatic N) is 2. The van der Waals surface area contributed by atoms with Crippen LogP contribution in [0.2, 0.25) is 0 Å². The standard InChI is InChI=1S/C28H34N4O3/c1-29-28(34)25-20-27(33)32(26-19-23(35-2)10-11-24(25)26)18-17-31-15-12-22(13-16-31)30-14-6-9-21-7-4-3-5-8-21/h3-11,19-20,22,30H,12-18H2,1-2H3,(H,29,34)/b9-6+. The highest BCUT2D eigenvalue weighted by molar-refractivity contribution is 6.06. The molecule has 2 heterocycles. The van der Waals surface area contributed by atoms with E-state index in [2.05, 4.69) is 39.8 Å². The zero-order valence-electron chi connectivity index (χ0n) is 20.5. The van der Waals surface area contributed by atoms with Crippen LogP contribution in [0, 0.1) is 0 Å². The Morgan fingerprint density at radius 2 is 1.86 bits per heavy atom. The number of pyridine rings is 1. The van der Waals surface area contributed by atoms with Gasteiger partial charge in [-0.2, -0.15) is 0 Å². The predicted octanol–water partition coefficient (Wildman–Crippen LogP) is 3.14. The molecule has 0 spiro atoms. The van der Waals surface area contributed by atoms with Crippen LogP contribution in [0.5, 0.6) is 5.75 Å². The number of nitrogens with one attached hydrogen (secondary N) is 2. The van der Waals surface area contributed by atoms with Crippen molar-refractivity contribution in [3.8, 4) is 5.75 Å². The van der Waals surface area contributed by atoms with Crippen LogP contribution in [-0.2, 0) is 6.54 Å². The number of methoxy groups -OCH3 is 1. The molecule has 0 atom stereocenters. The highest BCUT2D eigenvalue weighted by Gasteiger charge is 2.19. The van der Waals surface area contributed by atoms with Crippen LogP contribution in [0.3, 0.4) is 0 Å². The number of hydrogen-bond acceptors (Lipinski definition) is 5. The summed E-state index contributed by atoms with van der Waals surface area (Å²) in [7, 11) is 3.17. The van der Waals surface area contributed by atoms with Crippen molar-refractivity contribution in [3.05, 3.63) is 82.2 Å². The van der Waals surface area contributed by atoms with E-state index in [1.807, 2.05) is 36.4 Å². The summed E-state index contributed by atoms with van der Waals surface area (Å²) in [6, 6.07) is 17.8. The fourth-order valence-corrected chi connectivity index (χ4v) is 4.64. The van der Waals surface area contributed by atoms with Gasteiger partial charge in [-0.25, -0.2) is 0 Å². The van der Waals surface area contributed by atoms with Crippen molar-refractivity contribution in [2.75, 3.05) is 40.3 Å². The maximum absolute atomic E-state index is 13.0. The van der Waals surface area contributed by atoms with Gasteiger partial charge >= 0.3 is 0 Å². The smallest absolute Gasteiger partial charge is 0.251 e. The average molecular weight is 475 g/mol. The molecule has 1 aliphatic rings. The normalized spacial score (nSPS) is 15.0. The molecule has 4 rings (SSSR count). The van der Waals surface area contributed by atoms with Gasteiger partial charge in [0, 0.05) is 50.2 Å². The Hall–Kier alpha value is -3.42. The molecule has 0 aliphatic carbocycles. The first-order chi connectivity index (χ1) is 17.1. The van der Waals surface area contributed by atoms with E-state index in [1.54, 1.807) is 18.7 Å².